The summed E-state index contributed by atoms with van der Waals surface area (Å²) in [6.07, 6.45) is 0. The van der Waals surface area contributed by atoms with Crippen molar-refractivity contribution in [1.29, 1.82) is 0 Å². The Morgan fingerprint density at radius 2 is 0.804 bits per heavy atom. The molecule has 0 aliphatic heterocycles. The van der Waals surface area contributed by atoms with Gasteiger partial charge in [-0.25, -0.2) is 0 Å². The molecular formula is C40H26O2S4. The highest BCUT2D eigenvalue weighted by molar-refractivity contribution is 7.24. The first-order valence-corrected chi connectivity index (χ1v) is 18.5. The Morgan fingerprint density at radius 1 is 0.391 bits per heavy atom. The van der Waals surface area contributed by atoms with Crippen LogP contribution < -0.4 is 10.9 Å². The van der Waals surface area contributed by atoms with E-state index in [1.165, 1.54) is 51.5 Å². The molecule has 46 heavy (non-hydrogen) atoms. The van der Waals surface area contributed by atoms with E-state index in [9.17, 15) is 9.59 Å². The SMILES string of the molecule is Cc1cc(-c2sccc2C)sc1-c1ccc2c(c1)c(=O)c1cc3c(cc12)c(=O)c1cc(-c2sc(-c4sccc4C)cc2C)ccc13. The Labute approximate surface area is 281 Å². The lowest BCUT2D eigenvalue weighted by Gasteiger charge is -2.01. The fourth-order valence-electron chi connectivity index (χ4n) is 6.94. The minimum absolute atomic E-state index is 0.0290. The van der Waals surface area contributed by atoms with E-state index in [1.807, 2.05) is 24.3 Å². The minimum Gasteiger partial charge on any atom is -0.289 e. The van der Waals surface area contributed by atoms with E-state index in [0.29, 0.717) is 21.5 Å². The van der Waals surface area contributed by atoms with Gasteiger partial charge in [0.2, 0.25) is 0 Å². The first kappa shape index (κ1) is 28.1. The van der Waals surface area contributed by atoms with Crippen LogP contribution in [0.25, 0.3) is 83.5 Å². The lowest BCUT2D eigenvalue weighted by Crippen LogP contribution is -1.95. The fourth-order valence-corrected chi connectivity index (χ4v) is 11.5. The second-order valence-electron chi connectivity index (χ2n) is 12.2. The molecule has 0 unspecified atom stereocenters. The molecule has 0 spiro atoms. The van der Waals surface area contributed by atoms with Gasteiger partial charge in [0.15, 0.2) is 10.9 Å². The molecule has 0 bridgehead atoms. The topological polar surface area (TPSA) is 34.1 Å². The summed E-state index contributed by atoms with van der Waals surface area (Å²) in [6, 6.07) is 25.2. The number of fused-ring (bicyclic) bond motifs is 6. The van der Waals surface area contributed by atoms with Gasteiger partial charge in [-0.1, -0.05) is 24.3 Å². The van der Waals surface area contributed by atoms with Crippen molar-refractivity contribution in [3.05, 3.63) is 126 Å². The second kappa shape index (κ2) is 10.1. The highest BCUT2D eigenvalue weighted by atomic mass is 32.1. The van der Waals surface area contributed by atoms with Gasteiger partial charge >= 0.3 is 0 Å². The standard InChI is InChI=1S/C40H26O2S4/c1-19-9-11-43-39(19)33-13-21(3)37(45-33)23-5-7-25-27-17-32-28(18-31(27)35(41)29(25)15-23)26-8-6-24(16-30(26)36(32)42)38-22(4)14-34(46-38)40-20(2)10-12-44-40/h5-18H,1-4H3. The van der Waals surface area contributed by atoms with Gasteiger partial charge in [-0.05, 0) is 142 Å². The van der Waals surface area contributed by atoms with Crippen molar-refractivity contribution in [2.75, 3.05) is 0 Å². The molecule has 2 nitrogen and oxygen atoms in total. The summed E-state index contributed by atoms with van der Waals surface area (Å²) in [6.45, 7) is 8.59. The van der Waals surface area contributed by atoms with Crippen LogP contribution >= 0.6 is 45.3 Å². The van der Waals surface area contributed by atoms with Crippen LogP contribution in [-0.4, -0.2) is 0 Å². The summed E-state index contributed by atoms with van der Waals surface area (Å²) in [4.78, 5) is 35.3. The predicted molar refractivity (Wildman–Crippen MR) is 204 cm³/mol. The Hall–Kier alpha value is -4.20. The van der Waals surface area contributed by atoms with Crippen LogP contribution in [0.5, 0.6) is 0 Å². The summed E-state index contributed by atoms with van der Waals surface area (Å²) < 4.78 is 0. The zero-order valence-electron chi connectivity index (χ0n) is 25.5. The van der Waals surface area contributed by atoms with Gasteiger partial charge in [0.25, 0.3) is 0 Å². The number of thiophene rings is 4. The van der Waals surface area contributed by atoms with Crippen LogP contribution in [-0.2, 0) is 0 Å². The van der Waals surface area contributed by atoms with Crippen molar-refractivity contribution < 1.29 is 0 Å². The lowest BCUT2D eigenvalue weighted by molar-refractivity contribution is 1.53. The molecule has 0 radical (unpaired) electrons. The van der Waals surface area contributed by atoms with Crippen molar-refractivity contribution in [3.8, 4) is 40.4 Å². The second-order valence-corrected chi connectivity index (χ2v) is 16.2. The smallest absolute Gasteiger partial charge is 0.194 e. The van der Waals surface area contributed by atoms with Gasteiger partial charge in [-0.3, -0.25) is 9.59 Å². The van der Waals surface area contributed by atoms with E-state index in [0.717, 1.165) is 32.7 Å². The Morgan fingerprint density at radius 3 is 1.20 bits per heavy atom. The van der Waals surface area contributed by atoms with Gasteiger partial charge < -0.3 is 0 Å². The number of hydrogen-bond donors (Lipinski definition) is 0. The third kappa shape index (κ3) is 4.04. The highest BCUT2D eigenvalue weighted by Crippen LogP contribution is 2.44. The fraction of sp³-hybridized carbons (Fsp3) is 0.100. The van der Waals surface area contributed by atoms with Crippen molar-refractivity contribution in [2.45, 2.75) is 27.7 Å². The molecule has 9 rings (SSSR count). The summed E-state index contributed by atoms with van der Waals surface area (Å²) in [5.74, 6) is 0. The first-order valence-electron chi connectivity index (χ1n) is 15.1. The molecule has 9 aromatic rings. The van der Waals surface area contributed by atoms with Crippen LogP contribution in [0.1, 0.15) is 22.3 Å². The molecule has 0 amide bonds. The average molecular weight is 667 g/mol. The quantitative estimate of drug-likeness (QED) is 0.187. The maximum absolute atomic E-state index is 13.9. The van der Waals surface area contributed by atoms with Gasteiger partial charge in [0.05, 0.1) is 0 Å². The van der Waals surface area contributed by atoms with Gasteiger partial charge in [0.1, 0.15) is 0 Å². The highest BCUT2D eigenvalue weighted by Gasteiger charge is 2.20. The Bertz CT molecular complexity index is 2600. The zero-order valence-corrected chi connectivity index (χ0v) is 28.8. The summed E-state index contributed by atoms with van der Waals surface area (Å²) in [5, 5.41) is 10.6. The van der Waals surface area contributed by atoms with E-state index < -0.39 is 0 Å². The molecule has 0 saturated heterocycles. The van der Waals surface area contributed by atoms with E-state index in [1.54, 1.807) is 45.3 Å². The number of benzene rings is 3. The van der Waals surface area contributed by atoms with Crippen molar-refractivity contribution in [3.63, 3.8) is 0 Å². The molecule has 0 fully saturated rings. The van der Waals surface area contributed by atoms with Crippen LogP contribution in [0.3, 0.4) is 0 Å². The molecule has 0 saturated carbocycles. The normalized spacial score (nSPS) is 12.1. The predicted octanol–water partition coefficient (Wildman–Crippen LogP) is 12.0. The third-order valence-electron chi connectivity index (χ3n) is 9.29. The van der Waals surface area contributed by atoms with Crippen LogP contribution in [0.15, 0.2) is 93.1 Å². The van der Waals surface area contributed by atoms with Crippen LogP contribution in [0.4, 0.5) is 0 Å². The average Bonchev–Trinajstić information content (AvgIpc) is 3.90. The summed E-state index contributed by atoms with van der Waals surface area (Å²) >= 11 is 7.10. The van der Waals surface area contributed by atoms with E-state index in [-0.39, 0.29) is 10.9 Å². The van der Waals surface area contributed by atoms with Crippen molar-refractivity contribution >= 4 is 88.4 Å². The summed E-state index contributed by atoms with van der Waals surface area (Å²) in [5.41, 5.74) is 7.19. The van der Waals surface area contributed by atoms with Crippen molar-refractivity contribution in [2.24, 2.45) is 0 Å². The Kier molecular flexibility index (Phi) is 6.19. The maximum Gasteiger partial charge on any atom is 0.194 e. The largest absolute Gasteiger partial charge is 0.289 e. The van der Waals surface area contributed by atoms with Crippen LogP contribution in [0.2, 0.25) is 0 Å². The van der Waals surface area contributed by atoms with Gasteiger partial charge in [-0.15, -0.1) is 45.3 Å². The van der Waals surface area contributed by atoms with Crippen molar-refractivity contribution in [1.82, 2.24) is 0 Å². The molecule has 222 valence electrons. The molecule has 4 heterocycles. The molecule has 6 heteroatoms. The van der Waals surface area contributed by atoms with E-state index >= 15 is 0 Å². The zero-order chi connectivity index (χ0) is 31.4. The van der Waals surface area contributed by atoms with Crippen LogP contribution in [0, 0.1) is 27.7 Å². The van der Waals surface area contributed by atoms with E-state index in [4.69, 9.17) is 0 Å². The monoisotopic (exact) mass is 666 g/mol. The summed E-state index contributed by atoms with van der Waals surface area (Å²) in [7, 11) is 0. The first-order chi connectivity index (χ1) is 22.3. The maximum atomic E-state index is 13.9. The number of rotatable bonds is 4. The molecule has 0 aliphatic carbocycles. The molecule has 5 aromatic carbocycles. The lowest BCUT2D eigenvalue weighted by atomic mass is 10.0. The molecule has 0 atom stereocenters. The van der Waals surface area contributed by atoms with Gasteiger partial charge in [-0.2, -0.15) is 0 Å². The number of hydrogen-bond acceptors (Lipinski definition) is 6. The molecular weight excluding hydrogens is 641 g/mol. The third-order valence-corrected chi connectivity index (χ3v) is 14.3. The molecule has 0 aliphatic rings. The minimum atomic E-state index is 0.0290. The molecule has 0 N–H and O–H groups in total. The Balaban J connectivity index is 1.17. The van der Waals surface area contributed by atoms with E-state index in [2.05, 4.69) is 87.0 Å². The van der Waals surface area contributed by atoms with Gasteiger partial charge in [0, 0.05) is 50.8 Å². The number of aryl methyl sites for hydroxylation is 4. The molecule has 4 aromatic heterocycles.